The van der Waals surface area contributed by atoms with Crippen molar-refractivity contribution in [3.05, 3.63) is 33.8 Å². The van der Waals surface area contributed by atoms with E-state index in [1.54, 1.807) is 7.11 Å². The molecule has 6 heteroatoms. The van der Waals surface area contributed by atoms with Gasteiger partial charge in [0.1, 0.15) is 0 Å². The Morgan fingerprint density at radius 3 is 2.83 bits per heavy atom. The number of hydrogen-bond donors (Lipinski definition) is 1. The van der Waals surface area contributed by atoms with Crippen molar-refractivity contribution in [3.8, 4) is 0 Å². The second-order valence-electron chi connectivity index (χ2n) is 5.91. The number of amides is 1. The summed E-state index contributed by atoms with van der Waals surface area (Å²) in [5.74, 6) is 0.170. The Morgan fingerprint density at radius 2 is 2.13 bits per heavy atom. The maximum absolute atomic E-state index is 12.3. The SMILES string of the molecule is COCCCNC(=O)[C@@H]1CCCN(Cc2c(Cl)cccc2Cl)C1. The summed E-state index contributed by atoms with van der Waals surface area (Å²) in [5.41, 5.74) is 0.942. The Balaban J connectivity index is 1.87. The third kappa shape index (κ3) is 5.64. The summed E-state index contributed by atoms with van der Waals surface area (Å²) in [6, 6.07) is 5.56. The normalized spacial score (nSPS) is 18.8. The van der Waals surface area contributed by atoms with Gasteiger partial charge in [0.2, 0.25) is 5.91 Å². The van der Waals surface area contributed by atoms with Crippen LogP contribution in [-0.2, 0) is 16.1 Å². The zero-order valence-corrected chi connectivity index (χ0v) is 15.0. The van der Waals surface area contributed by atoms with E-state index >= 15 is 0 Å². The number of carbonyl (C=O) groups excluding carboxylic acids is 1. The minimum Gasteiger partial charge on any atom is -0.385 e. The Hall–Kier alpha value is -0.810. The molecule has 1 N–H and O–H groups in total. The van der Waals surface area contributed by atoms with Crippen molar-refractivity contribution < 1.29 is 9.53 Å². The van der Waals surface area contributed by atoms with E-state index in [-0.39, 0.29) is 11.8 Å². The first-order valence-corrected chi connectivity index (χ1v) is 8.79. The lowest BCUT2D eigenvalue weighted by molar-refractivity contribution is -0.126. The van der Waals surface area contributed by atoms with Gasteiger partial charge in [-0.2, -0.15) is 0 Å². The van der Waals surface area contributed by atoms with Crippen LogP contribution in [0.4, 0.5) is 0 Å². The molecule has 0 spiro atoms. The summed E-state index contributed by atoms with van der Waals surface area (Å²) in [4.78, 5) is 14.5. The first-order chi connectivity index (χ1) is 11.1. The number of likely N-dealkylation sites (tertiary alicyclic amines) is 1. The van der Waals surface area contributed by atoms with Crippen molar-refractivity contribution in [2.75, 3.05) is 33.4 Å². The number of rotatable bonds is 7. The first-order valence-electron chi connectivity index (χ1n) is 8.03. The highest BCUT2D eigenvalue weighted by Gasteiger charge is 2.26. The third-order valence-corrected chi connectivity index (χ3v) is 4.85. The molecule has 0 aliphatic carbocycles. The molecule has 1 heterocycles. The fourth-order valence-electron chi connectivity index (χ4n) is 2.89. The van der Waals surface area contributed by atoms with Gasteiger partial charge in [0.25, 0.3) is 0 Å². The summed E-state index contributed by atoms with van der Waals surface area (Å²) in [5, 5.41) is 4.36. The molecule has 0 unspecified atom stereocenters. The number of piperidine rings is 1. The van der Waals surface area contributed by atoms with Gasteiger partial charge in [-0.25, -0.2) is 0 Å². The molecule has 1 aromatic carbocycles. The van der Waals surface area contributed by atoms with Gasteiger partial charge >= 0.3 is 0 Å². The fourth-order valence-corrected chi connectivity index (χ4v) is 3.41. The molecular weight excluding hydrogens is 335 g/mol. The maximum Gasteiger partial charge on any atom is 0.224 e. The van der Waals surface area contributed by atoms with E-state index in [4.69, 9.17) is 27.9 Å². The summed E-state index contributed by atoms with van der Waals surface area (Å²) in [7, 11) is 1.67. The van der Waals surface area contributed by atoms with E-state index in [1.807, 2.05) is 18.2 Å². The largest absolute Gasteiger partial charge is 0.385 e. The lowest BCUT2D eigenvalue weighted by Gasteiger charge is -2.32. The second-order valence-corrected chi connectivity index (χ2v) is 6.73. The molecule has 0 saturated carbocycles. The number of halogens is 2. The molecule has 4 nitrogen and oxygen atoms in total. The lowest BCUT2D eigenvalue weighted by atomic mass is 9.96. The van der Waals surface area contributed by atoms with Crippen molar-refractivity contribution in [3.63, 3.8) is 0 Å². The van der Waals surface area contributed by atoms with E-state index in [1.165, 1.54) is 0 Å². The van der Waals surface area contributed by atoms with Crippen molar-refractivity contribution in [2.45, 2.75) is 25.8 Å². The van der Waals surface area contributed by atoms with Gasteiger partial charge < -0.3 is 10.1 Å². The van der Waals surface area contributed by atoms with Crippen LogP contribution in [0.3, 0.4) is 0 Å². The molecule has 1 aliphatic rings. The molecule has 23 heavy (non-hydrogen) atoms. The minimum atomic E-state index is 0.0348. The number of nitrogens with zero attached hydrogens (tertiary/aromatic N) is 1. The zero-order chi connectivity index (χ0) is 16.7. The van der Waals surface area contributed by atoms with Crippen LogP contribution >= 0.6 is 23.2 Å². The molecular formula is C17H24Cl2N2O2. The summed E-state index contributed by atoms with van der Waals surface area (Å²) >= 11 is 12.5. The summed E-state index contributed by atoms with van der Waals surface area (Å²) in [6.07, 6.45) is 2.79. The standard InChI is InChI=1S/C17H24Cl2N2O2/c1-23-10-4-8-20-17(22)13-5-3-9-21(11-13)12-14-15(18)6-2-7-16(14)19/h2,6-7,13H,3-5,8-12H2,1H3,(H,20,22)/t13-/m1/s1. The van der Waals surface area contributed by atoms with Gasteiger partial charge in [-0.15, -0.1) is 0 Å². The smallest absolute Gasteiger partial charge is 0.224 e. The van der Waals surface area contributed by atoms with Crippen LogP contribution in [0.2, 0.25) is 10.0 Å². The van der Waals surface area contributed by atoms with Crippen LogP contribution < -0.4 is 5.32 Å². The van der Waals surface area contributed by atoms with Gasteiger partial charge in [-0.1, -0.05) is 29.3 Å². The molecule has 2 rings (SSSR count). The average Bonchev–Trinajstić information content (AvgIpc) is 2.55. The van der Waals surface area contributed by atoms with Gasteiger partial charge in [-0.05, 0) is 37.9 Å². The van der Waals surface area contributed by atoms with Crippen molar-refractivity contribution in [1.82, 2.24) is 10.2 Å². The molecule has 1 fully saturated rings. The van der Waals surface area contributed by atoms with Gasteiger partial charge in [0.05, 0.1) is 5.92 Å². The Labute approximate surface area is 148 Å². The van der Waals surface area contributed by atoms with Crippen molar-refractivity contribution in [2.24, 2.45) is 5.92 Å². The monoisotopic (exact) mass is 358 g/mol. The Bertz CT molecular complexity index is 505. The van der Waals surface area contributed by atoms with Gasteiger partial charge in [0.15, 0.2) is 0 Å². The second kappa shape index (κ2) is 9.48. The van der Waals surface area contributed by atoms with E-state index in [9.17, 15) is 4.79 Å². The molecule has 1 aliphatic heterocycles. The van der Waals surface area contributed by atoms with Crippen LogP contribution in [-0.4, -0.2) is 44.2 Å². The predicted octanol–water partition coefficient (Wildman–Crippen LogP) is 3.36. The quantitative estimate of drug-likeness (QED) is 0.759. The lowest BCUT2D eigenvalue weighted by Crippen LogP contribution is -2.43. The van der Waals surface area contributed by atoms with Gasteiger partial charge in [0, 0.05) is 49.0 Å². The van der Waals surface area contributed by atoms with Gasteiger partial charge in [-0.3, -0.25) is 9.69 Å². The Morgan fingerprint density at radius 1 is 1.39 bits per heavy atom. The minimum absolute atomic E-state index is 0.0348. The topological polar surface area (TPSA) is 41.6 Å². The van der Waals surface area contributed by atoms with Crippen molar-refractivity contribution in [1.29, 1.82) is 0 Å². The van der Waals surface area contributed by atoms with E-state index in [2.05, 4.69) is 10.2 Å². The predicted molar refractivity (Wildman–Crippen MR) is 94.0 cm³/mol. The number of benzene rings is 1. The molecule has 1 atom stereocenters. The van der Waals surface area contributed by atoms with Crippen LogP contribution in [0, 0.1) is 5.92 Å². The molecule has 1 saturated heterocycles. The molecule has 0 radical (unpaired) electrons. The summed E-state index contributed by atoms with van der Waals surface area (Å²) < 4.78 is 4.99. The number of hydrogen-bond acceptors (Lipinski definition) is 3. The maximum atomic E-state index is 12.3. The highest BCUT2D eigenvalue weighted by molar-refractivity contribution is 6.35. The zero-order valence-electron chi connectivity index (χ0n) is 13.5. The highest BCUT2D eigenvalue weighted by atomic mass is 35.5. The van der Waals surface area contributed by atoms with E-state index in [0.717, 1.165) is 37.9 Å². The van der Waals surface area contributed by atoms with Crippen LogP contribution in [0.25, 0.3) is 0 Å². The van der Waals surface area contributed by atoms with Crippen LogP contribution in [0.5, 0.6) is 0 Å². The molecule has 1 amide bonds. The fraction of sp³-hybridized carbons (Fsp3) is 0.588. The van der Waals surface area contributed by atoms with Crippen molar-refractivity contribution >= 4 is 29.1 Å². The number of methoxy groups -OCH3 is 1. The molecule has 0 aromatic heterocycles. The van der Waals surface area contributed by atoms with E-state index in [0.29, 0.717) is 29.7 Å². The Kier molecular flexibility index (Phi) is 7.63. The van der Waals surface area contributed by atoms with E-state index < -0.39 is 0 Å². The number of carbonyl (C=O) groups is 1. The van der Waals surface area contributed by atoms with Crippen LogP contribution in [0.1, 0.15) is 24.8 Å². The van der Waals surface area contributed by atoms with Crippen LogP contribution in [0.15, 0.2) is 18.2 Å². The molecule has 1 aromatic rings. The number of ether oxygens (including phenoxy) is 1. The first kappa shape index (κ1) is 18.5. The third-order valence-electron chi connectivity index (χ3n) is 4.14. The average molecular weight is 359 g/mol. The number of nitrogens with one attached hydrogen (secondary N) is 1. The summed E-state index contributed by atoms with van der Waals surface area (Å²) in [6.45, 7) is 3.74. The molecule has 0 bridgehead atoms. The molecule has 128 valence electrons. The highest BCUT2D eigenvalue weighted by Crippen LogP contribution is 2.27.